The van der Waals surface area contributed by atoms with Crippen molar-refractivity contribution >= 4 is 46.0 Å². The van der Waals surface area contributed by atoms with Crippen LogP contribution in [0.3, 0.4) is 0 Å². The first-order chi connectivity index (χ1) is 16.9. The first kappa shape index (κ1) is 25.2. The Bertz CT molecular complexity index is 1120. The van der Waals surface area contributed by atoms with Crippen molar-refractivity contribution in [1.29, 1.82) is 0 Å². The van der Waals surface area contributed by atoms with Crippen LogP contribution in [-0.2, 0) is 9.59 Å². The molecule has 35 heavy (non-hydrogen) atoms. The Kier molecular flexibility index (Phi) is 8.12. The average Bonchev–Trinajstić information content (AvgIpc) is 3.57. The summed E-state index contributed by atoms with van der Waals surface area (Å²) >= 11 is 2.94. The molecule has 1 saturated heterocycles. The van der Waals surface area contributed by atoms with E-state index < -0.39 is 0 Å². The number of aryl methyl sites for hydroxylation is 1. The Morgan fingerprint density at radius 2 is 1.86 bits per heavy atom. The lowest BCUT2D eigenvalue weighted by Gasteiger charge is -2.34. The van der Waals surface area contributed by atoms with Crippen molar-refractivity contribution in [2.24, 2.45) is 5.92 Å². The molecule has 1 aromatic heterocycles. The second-order valence-electron chi connectivity index (χ2n) is 8.70. The Hall–Kier alpha value is -2.85. The molecule has 186 valence electrons. The number of anilines is 1. The molecule has 3 amide bonds. The third-order valence-electron chi connectivity index (χ3n) is 6.43. The fourth-order valence-corrected chi connectivity index (χ4v) is 6.35. The van der Waals surface area contributed by atoms with Gasteiger partial charge in [0.05, 0.1) is 23.1 Å². The number of aromatic nitrogens is 1. The van der Waals surface area contributed by atoms with E-state index >= 15 is 0 Å². The molecule has 0 radical (unpaired) electrons. The molecule has 8 nitrogen and oxygen atoms in total. The number of carbonyl (C=O) groups excluding carboxylic acids is 3. The van der Waals surface area contributed by atoms with E-state index in [1.807, 2.05) is 19.1 Å². The van der Waals surface area contributed by atoms with Crippen molar-refractivity contribution < 1.29 is 19.1 Å². The van der Waals surface area contributed by atoms with Gasteiger partial charge in [0.1, 0.15) is 5.75 Å². The smallest absolute Gasteiger partial charge is 0.257 e. The van der Waals surface area contributed by atoms with E-state index in [9.17, 15) is 14.4 Å². The predicted molar refractivity (Wildman–Crippen MR) is 137 cm³/mol. The maximum atomic E-state index is 13.3. The van der Waals surface area contributed by atoms with Gasteiger partial charge in [-0.3, -0.25) is 14.4 Å². The number of benzene rings is 1. The number of rotatable bonds is 7. The number of methoxy groups -OCH3 is 1. The molecule has 0 spiro atoms. The molecule has 1 saturated carbocycles. The number of thiazole rings is 1. The van der Waals surface area contributed by atoms with E-state index in [4.69, 9.17) is 4.74 Å². The van der Waals surface area contributed by atoms with Gasteiger partial charge in [0, 0.05) is 37.0 Å². The zero-order chi connectivity index (χ0) is 24.9. The van der Waals surface area contributed by atoms with Crippen LogP contribution in [0.2, 0.25) is 0 Å². The molecule has 1 N–H and O–H groups in total. The minimum absolute atomic E-state index is 0.0526. The summed E-state index contributed by atoms with van der Waals surface area (Å²) < 4.78 is 6.45. The Morgan fingerprint density at radius 3 is 2.51 bits per heavy atom. The van der Waals surface area contributed by atoms with Crippen molar-refractivity contribution in [3.8, 4) is 5.75 Å². The van der Waals surface area contributed by atoms with Crippen LogP contribution in [0.4, 0.5) is 5.13 Å². The molecule has 1 aliphatic heterocycles. The topological polar surface area (TPSA) is 91.8 Å². The van der Waals surface area contributed by atoms with E-state index in [1.54, 1.807) is 23.1 Å². The number of nitrogens with one attached hydrogen (secondary N) is 1. The number of hydrogen-bond acceptors (Lipinski definition) is 7. The maximum absolute atomic E-state index is 13.3. The summed E-state index contributed by atoms with van der Waals surface area (Å²) in [7, 11) is 1.56. The van der Waals surface area contributed by atoms with Gasteiger partial charge in [0.15, 0.2) is 5.13 Å². The largest absolute Gasteiger partial charge is 0.496 e. The lowest BCUT2D eigenvalue weighted by atomic mass is 10.1. The molecule has 2 aromatic rings. The van der Waals surface area contributed by atoms with Crippen molar-refractivity contribution in [3.63, 3.8) is 0 Å². The van der Waals surface area contributed by atoms with Crippen LogP contribution in [-0.4, -0.2) is 65.8 Å². The molecule has 0 bridgehead atoms. The number of amides is 3. The summed E-state index contributed by atoms with van der Waals surface area (Å²) in [5, 5.41) is 3.55. The van der Waals surface area contributed by atoms with Gasteiger partial charge < -0.3 is 19.9 Å². The fraction of sp³-hybridized carbons (Fsp3) is 0.440. The van der Waals surface area contributed by atoms with Crippen molar-refractivity contribution in [2.45, 2.75) is 41.7 Å². The van der Waals surface area contributed by atoms with Gasteiger partial charge in [-0.05, 0) is 43.5 Å². The van der Waals surface area contributed by atoms with Gasteiger partial charge in [-0.25, -0.2) is 4.98 Å². The summed E-state index contributed by atoms with van der Waals surface area (Å²) in [5.74, 6) is 0.423. The molecule has 4 rings (SSSR count). The van der Waals surface area contributed by atoms with Crippen LogP contribution in [0.5, 0.6) is 5.75 Å². The second-order valence-corrected chi connectivity index (χ2v) is 11.1. The molecule has 1 aliphatic carbocycles. The first-order valence-corrected chi connectivity index (χ1v) is 13.4. The molecule has 2 heterocycles. The summed E-state index contributed by atoms with van der Waals surface area (Å²) in [6.45, 7) is 7.37. The zero-order valence-electron chi connectivity index (χ0n) is 20.0. The van der Waals surface area contributed by atoms with Crippen LogP contribution in [0.25, 0.3) is 0 Å². The van der Waals surface area contributed by atoms with Gasteiger partial charge in [-0.1, -0.05) is 42.5 Å². The van der Waals surface area contributed by atoms with Crippen molar-refractivity contribution in [3.05, 3.63) is 42.1 Å². The highest BCUT2D eigenvalue weighted by atomic mass is 32.2. The molecule has 0 unspecified atom stereocenters. The lowest BCUT2D eigenvalue weighted by molar-refractivity contribution is -0.127. The highest BCUT2D eigenvalue weighted by Crippen LogP contribution is 2.39. The highest BCUT2D eigenvalue weighted by Gasteiger charge is 2.27. The minimum atomic E-state index is -0.122. The van der Waals surface area contributed by atoms with Gasteiger partial charge in [-0.15, -0.1) is 0 Å². The van der Waals surface area contributed by atoms with Crippen LogP contribution in [0.15, 0.2) is 40.1 Å². The Labute approximate surface area is 213 Å². The molecular formula is C25H30N4O4S2. The molecule has 10 heteroatoms. The summed E-state index contributed by atoms with van der Waals surface area (Å²) in [6, 6.07) is 3.73. The monoisotopic (exact) mass is 514 g/mol. The number of ether oxygens (including phenoxy) is 1. The third-order valence-corrected chi connectivity index (χ3v) is 8.61. The SMILES string of the molecule is C=CC(=O)N1CCN(C(=O)c2cc(Sc3cnc(NC(=O)C4CCCC4)s3)c(C)cc2OC)CC1. The minimum Gasteiger partial charge on any atom is -0.496 e. The lowest BCUT2D eigenvalue weighted by Crippen LogP contribution is -2.50. The van der Waals surface area contributed by atoms with Crippen LogP contribution in [0, 0.1) is 12.8 Å². The first-order valence-electron chi connectivity index (χ1n) is 11.7. The number of nitrogens with zero attached hydrogens (tertiary/aromatic N) is 3. The molecule has 1 aromatic carbocycles. The quantitative estimate of drug-likeness (QED) is 0.557. The van der Waals surface area contributed by atoms with Crippen molar-refractivity contribution in [1.82, 2.24) is 14.8 Å². The van der Waals surface area contributed by atoms with E-state index in [-0.39, 0.29) is 23.6 Å². The predicted octanol–water partition coefficient (Wildman–Crippen LogP) is 4.21. The van der Waals surface area contributed by atoms with Crippen LogP contribution < -0.4 is 10.1 Å². The van der Waals surface area contributed by atoms with Gasteiger partial charge in [0.2, 0.25) is 11.8 Å². The normalized spacial score (nSPS) is 16.3. The summed E-state index contributed by atoms with van der Waals surface area (Å²) in [6.07, 6.45) is 7.16. The third kappa shape index (κ3) is 5.87. The van der Waals surface area contributed by atoms with Crippen LogP contribution >= 0.6 is 23.1 Å². The highest BCUT2D eigenvalue weighted by molar-refractivity contribution is 8.01. The van der Waals surface area contributed by atoms with Gasteiger partial charge in [-0.2, -0.15) is 0 Å². The number of hydrogen-bond donors (Lipinski definition) is 1. The van der Waals surface area contributed by atoms with Gasteiger partial charge >= 0.3 is 0 Å². The molecule has 0 atom stereocenters. The Morgan fingerprint density at radius 1 is 1.17 bits per heavy atom. The Balaban J connectivity index is 1.46. The van der Waals surface area contributed by atoms with Crippen LogP contribution in [0.1, 0.15) is 41.6 Å². The van der Waals surface area contributed by atoms with Crippen molar-refractivity contribution in [2.75, 3.05) is 38.6 Å². The average molecular weight is 515 g/mol. The number of carbonyl (C=O) groups is 3. The molecular weight excluding hydrogens is 484 g/mol. The maximum Gasteiger partial charge on any atom is 0.257 e. The number of piperazine rings is 1. The standard InChI is InChI=1S/C25H30N4O4S2/c1-4-21(30)28-9-11-29(12-10-28)24(32)18-14-20(16(2)13-19(18)33-3)34-22-15-26-25(35-22)27-23(31)17-7-5-6-8-17/h4,13-15,17H,1,5-12H2,2-3H3,(H,26,27,31). The second kappa shape index (κ2) is 11.3. The van der Waals surface area contributed by atoms with E-state index in [2.05, 4.69) is 16.9 Å². The molecule has 2 fully saturated rings. The summed E-state index contributed by atoms with van der Waals surface area (Å²) in [5.41, 5.74) is 1.47. The van der Waals surface area contributed by atoms with E-state index in [0.717, 1.165) is 40.4 Å². The van der Waals surface area contributed by atoms with Gasteiger partial charge in [0.25, 0.3) is 5.91 Å². The zero-order valence-corrected chi connectivity index (χ0v) is 21.7. The fourth-order valence-electron chi connectivity index (χ4n) is 4.41. The van der Waals surface area contributed by atoms with E-state index in [0.29, 0.717) is 42.6 Å². The molecule has 2 aliphatic rings. The summed E-state index contributed by atoms with van der Waals surface area (Å²) in [4.78, 5) is 46.4. The van der Waals surface area contributed by atoms with E-state index in [1.165, 1.54) is 29.2 Å².